The minimum absolute atomic E-state index is 0.107. The van der Waals surface area contributed by atoms with Gasteiger partial charge in [-0.05, 0) is 33.1 Å². The minimum atomic E-state index is -4.17. The summed E-state index contributed by atoms with van der Waals surface area (Å²) in [6.07, 6.45) is 3.16. The number of esters is 1. The Hall–Kier alpha value is -0.920. The van der Waals surface area contributed by atoms with Gasteiger partial charge in [0.1, 0.15) is 6.10 Å². The molecule has 4 unspecified atom stereocenters. The van der Waals surface area contributed by atoms with E-state index < -0.39 is 10.1 Å². The van der Waals surface area contributed by atoms with Crippen molar-refractivity contribution in [2.24, 2.45) is 5.92 Å². The van der Waals surface area contributed by atoms with Gasteiger partial charge >= 0.3 is 5.97 Å². The van der Waals surface area contributed by atoms with Gasteiger partial charge in [0.25, 0.3) is 0 Å². The van der Waals surface area contributed by atoms with E-state index in [0.29, 0.717) is 12.0 Å². The number of unbranched alkanes of at least 4 members (excludes halogenated alkanes) is 1. The summed E-state index contributed by atoms with van der Waals surface area (Å²) in [6, 6.07) is 0.107. The lowest BCUT2D eigenvalue weighted by Gasteiger charge is -2.29. The quantitative estimate of drug-likeness (QED) is 0.299. The molecule has 0 aliphatic rings. The summed E-state index contributed by atoms with van der Waals surface area (Å²) in [7, 11) is -4.17. The predicted octanol–water partition coefficient (Wildman–Crippen LogP) is 1.53. The fourth-order valence-corrected chi connectivity index (χ4v) is 3.22. The number of quaternary nitrogens is 1. The summed E-state index contributed by atoms with van der Waals surface area (Å²) >= 11 is 0. The molecule has 0 saturated carbocycles. The Morgan fingerprint density at radius 2 is 1.80 bits per heavy atom. The molecule has 0 aromatic rings. The highest BCUT2D eigenvalue weighted by molar-refractivity contribution is 7.85. The van der Waals surface area contributed by atoms with Crippen molar-refractivity contribution in [3.63, 3.8) is 0 Å². The molecule has 0 aliphatic heterocycles. The molecule has 0 radical (unpaired) electrons. The average Bonchev–Trinajstić information content (AvgIpc) is 2.51. The second-order valence-corrected chi connectivity index (χ2v) is 8.64. The van der Waals surface area contributed by atoms with Crippen molar-refractivity contribution >= 4 is 16.1 Å². The monoisotopic (exact) mass is 377 g/mol. The molecule has 7 heteroatoms. The third-order valence-electron chi connectivity index (χ3n) is 4.71. The van der Waals surface area contributed by atoms with Crippen LogP contribution in [-0.2, 0) is 19.6 Å². The van der Waals surface area contributed by atoms with Crippen molar-refractivity contribution in [1.29, 1.82) is 0 Å². The molecule has 4 atom stereocenters. The van der Waals surface area contributed by atoms with Crippen LogP contribution in [0.15, 0.2) is 12.2 Å². The van der Waals surface area contributed by atoms with Crippen LogP contribution in [0.4, 0.5) is 0 Å². The lowest BCUT2D eigenvalue weighted by Crippen LogP contribution is -3.15. The maximum atomic E-state index is 11.6. The summed E-state index contributed by atoms with van der Waals surface area (Å²) in [5, 5.41) is 0. The number of ether oxygens (including phenoxy) is 1. The molecule has 0 heterocycles. The van der Waals surface area contributed by atoms with E-state index in [4.69, 9.17) is 4.74 Å². The topological polar surface area (TPSA) is 87.9 Å². The van der Waals surface area contributed by atoms with Crippen molar-refractivity contribution in [3.8, 4) is 0 Å². The molecule has 1 N–H and O–H groups in total. The van der Waals surface area contributed by atoms with Crippen molar-refractivity contribution in [2.75, 3.05) is 18.8 Å². The first-order valence-electron chi connectivity index (χ1n) is 9.12. The van der Waals surface area contributed by atoms with Gasteiger partial charge in [-0.2, -0.15) is 0 Å². The maximum absolute atomic E-state index is 11.6. The summed E-state index contributed by atoms with van der Waals surface area (Å²) in [4.78, 5) is 12.9. The lowest BCUT2D eigenvalue weighted by atomic mass is 10.0. The first-order valence-corrected chi connectivity index (χ1v) is 10.7. The molecule has 0 bridgehead atoms. The molecule has 0 aromatic carbocycles. The molecule has 0 rings (SSSR count). The van der Waals surface area contributed by atoms with Gasteiger partial charge < -0.3 is 14.2 Å². The van der Waals surface area contributed by atoms with Gasteiger partial charge in [-0.1, -0.05) is 26.8 Å². The van der Waals surface area contributed by atoms with Crippen LogP contribution in [0, 0.1) is 5.92 Å². The van der Waals surface area contributed by atoms with Crippen molar-refractivity contribution < 1.29 is 27.4 Å². The molecular weight excluding hydrogens is 342 g/mol. The zero-order valence-corrected chi connectivity index (χ0v) is 17.2. The second kappa shape index (κ2) is 11.6. The first-order chi connectivity index (χ1) is 11.5. The smallest absolute Gasteiger partial charge is 0.333 e. The highest BCUT2D eigenvalue weighted by Gasteiger charge is 2.22. The normalized spacial score (nSPS) is 16.7. The molecule has 0 spiro atoms. The van der Waals surface area contributed by atoms with Crippen LogP contribution in [0.5, 0.6) is 0 Å². The molecule has 148 valence electrons. The molecule has 25 heavy (non-hydrogen) atoms. The Kier molecular flexibility index (Phi) is 11.2. The van der Waals surface area contributed by atoms with E-state index in [1.807, 2.05) is 20.8 Å². The number of nitrogens with one attached hydrogen (secondary N) is 1. The zero-order valence-electron chi connectivity index (χ0n) is 16.3. The molecule has 0 amide bonds. The molecule has 6 nitrogen and oxygen atoms in total. The molecule has 0 aliphatic carbocycles. The minimum Gasteiger partial charge on any atom is -0.748 e. The number of rotatable bonds is 13. The lowest BCUT2D eigenvalue weighted by molar-refractivity contribution is -0.924. The number of hydrogen-bond acceptors (Lipinski definition) is 5. The van der Waals surface area contributed by atoms with Gasteiger partial charge in [-0.25, -0.2) is 13.2 Å². The third-order valence-corrected chi connectivity index (χ3v) is 5.45. The van der Waals surface area contributed by atoms with E-state index in [2.05, 4.69) is 13.5 Å². The van der Waals surface area contributed by atoms with Gasteiger partial charge in [-0.3, -0.25) is 0 Å². The number of carbonyl (C=O) groups excluding carboxylic acids is 1. The zero-order chi connectivity index (χ0) is 19.6. The van der Waals surface area contributed by atoms with Crippen molar-refractivity contribution in [1.82, 2.24) is 0 Å². The van der Waals surface area contributed by atoms with Gasteiger partial charge in [0.05, 0.1) is 29.2 Å². The van der Waals surface area contributed by atoms with Gasteiger partial charge in [-0.15, -0.1) is 0 Å². The van der Waals surface area contributed by atoms with Gasteiger partial charge in [0.2, 0.25) is 0 Å². The molecule has 0 fully saturated rings. The highest BCUT2D eigenvalue weighted by Crippen LogP contribution is 2.12. The van der Waals surface area contributed by atoms with E-state index in [9.17, 15) is 17.8 Å². The van der Waals surface area contributed by atoms with Crippen LogP contribution in [0.25, 0.3) is 0 Å². The van der Waals surface area contributed by atoms with E-state index >= 15 is 0 Å². The van der Waals surface area contributed by atoms with E-state index in [0.717, 1.165) is 32.4 Å². The van der Waals surface area contributed by atoms with Crippen LogP contribution < -0.4 is 4.90 Å². The van der Waals surface area contributed by atoms with Crippen LogP contribution in [0.1, 0.15) is 60.3 Å². The summed E-state index contributed by atoms with van der Waals surface area (Å²) in [5.41, 5.74) is 0.390. The highest BCUT2D eigenvalue weighted by atomic mass is 32.2. The van der Waals surface area contributed by atoms with Crippen molar-refractivity contribution in [2.45, 2.75) is 72.4 Å². The third kappa shape index (κ3) is 11.3. The average molecular weight is 378 g/mol. The molecule has 0 aromatic heterocycles. The van der Waals surface area contributed by atoms with Crippen molar-refractivity contribution in [3.05, 3.63) is 12.2 Å². The van der Waals surface area contributed by atoms with E-state index in [1.165, 1.54) is 4.90 Å². The van der Waals surface area contributed by atoms with E-state index in [-0.39, 0.29) is 29.8 Å². The summed E-state index contributed by atoms with van der Waals surface area (Å²) in [6.45, 7) is 15.0. The van der Waals surface area contributed by atoms with Crippen LogP contribution in [0.2, 0.25) is 0 Å². The second-order valence-electron chi connectivity index (χ2n) is 7.12. The van der Waals surface area contributed by atoms with Gasteiger partial charge in [0.15, 0.2) is 0 Å². The standard InChI is InChI=1S/C18H35NO5S/c1-7-8-11-19(16(5)10-13-25(21,22)23)12-9-15(4)17(6)24-18(20)14(2)3/h15-17H,2,7-13H2,1,3-6H3,(H,21,22,23). The Labute approximate surface area is 153 Å². The van der Waals surface area contributed by atoms with Crippen LogP contribution >= 0.6 is 0 Å². The number of hydrogen-bond donors (Lipinski definition) is 1. The molecular formula is C18H35NO5S. The van der Waals surface area contributed by atoms with Crippen LogP contribution in [-0.4, -0.2) is 49.9 Å². The molecule has 0 saturated heterocycles. The Balaban J connectivity index is 4.59. The SMILES string of the molecule is C=C(C)C(=O)OC(C)C(C)CC[NH+](CCCC)C(C)CCS(=O)(=O)[O-]. The Morgan fingerprint density at radius 3 is 2.28 bits per heavy atom. The van der Waals surface area contributed by atoms with Gasteiger partial charge in [0, 0.05) is 24.2 Å². The fraction of sp³-hybridized carbons (Fsp3) is 0.833. The largest absolute Gasteiger partial charge is 0.748 e. The Morgan fingerprint density at radius 1 is 1.20 bits per heavy atom. The predicted molar refractivity (Wildman–Crippen MR) is 98.4 cm³/mol. The number of carbonyl (C=O) groups is 1. The van der Waals surface area contributed by atoms with E-state index in [1.54, 1.807) is 6.92 Å². The first kappa shape index (κ1) is 24.1. The Bertz CT molecular complexity index is 518. The maximum Gasteiger partial charge on any atom is 0.333 e. The fourth-order valence-electron chi connectivity index (χ4n) is 2.58. The summed E-state index contributed by atoms with van der Waals surface area (Å²) in [5.74, 6) is -0.495. The van der Waals surface area contributed by atoms with Crippen LogP contribution in [0.3, 0.4) is 0 Å². The summed E-state index contributed by atoms with van der Waals surface area (Å²) < 4.78 is 38.0.